The van der Waals surface area contributed by atoms with Crippen molar-refractivity contribution in [2.75, 3.05) is 0 Å². The van der Waals surface area contributed by atoms with Gasteiger partial charge >= 0.3 is 27.2 Å². The second kappa shape index (κ2) is 14.0. The first-order chi connectivity index (χ1) is 13.5. The normalized spacial score (nSPS) is 16.8. The van der Waals surface area contributed by atoms with Crippen molar-refractivity contribution in [2.45, 2.75) is 59.0 Å². The van der Waals surface area contributed by atoms with Crippen molar-refractivity contribution < 1.29 is 45.3 Å². The molecule has 4 N–H and O–H groups in total. The predicted molar refractivity (Wildman–Crippen MR) is 115 cm³/mol. The van der Waals surface area contributed by atoms with E-state index >= 15 is 0 Å². The molecular weight excluding hydrogens is 570 g/mol. The zero-order chi connectivity index (χ0) is 22.2. The number of imide groups is 1. The van der Waals surface area contributed by atoms with E-state index in [0.29, 0.717) is 23.9 Å². The Morgan fingerprint density at radius 2 is 1.84 bits per heavy atom. The second-order valence-electron chi connectivity index (χ2n) is 7.81. The van der Waals surface area contributed by atoms with Crippen LogP contribution in [0.15, 0.2) is 24.3 Å². The first kappa shape index (κ1) is 31.0. The minimum Gasteiger partial charge on any atom is -0.465 e. The number of carbonyl (C=O) groups is 4. The number of carboxylic acid groups (broad SMARTS) is 1. The van der Waals surface area contributed by atoms with Crippen molar-refractivity contribution in [3.8, 4) is 0 Å². The summed E-state index contributed by atoms with van der Waals surface area (Å²) in [6.45, 7) is 10.9. The maximum absolute atomic E-state index is 12.2. The van der Waals surface area contributed by atoms with Crippen molar-refractivity contribution >= 4 is 23.8 Å². The number of hydrogen-bond acceptors (Lipinski definition) is 4. The van der Waals surface area contributed by atoms with Gasteiger partial charge in [-0.25, -0.2) is 4.79 Å². The summed E-state index contributed by atoms with van der Waals surface area (Å²) in [5.74, 6) is -0.757. The van der Waals surface area contributed by atoms with Crippen LogP contribution in [0.2, 0.25) is 0 Å². The smallest absolute Gasteiger partial charge is 0.465 e. The second-order valence-corrected chi connectivity index (χ2v) is 7.81. The molecule has 2 aliphatic heterocycles. The minimum atomic E-state index is -1.33. The molecule has 172 valence electrons. The molecule has 8 nitrogen and oxygen atoms in total. The maximum atomic E-state index is 12.2. The summed E-state index contributed by atoms with van der Waals surface area (Å²) < 4.78 is 0. The average Bonchev–Trinajstić information content (AvgIpc) is 2.91. The number of rotatable bonds is 3. The zero-order valence-electron chi connectivity index (χ0n) is 18.6. The number of fused-ring (bicyclic) bond motifs is 1. The molecule has 0 spiro atoms. The Hall–Kier alpha value is -2.21. The van der Waals surface area contributed by atoms with Crippen LogP contribution >= 0.6 is 0 Å². The number of piperidine rings is 1. The number of nitrogens with one attached hydrogen (secondary N) is 1. The van der Waals surface area contributed by atoms with Crippen molar-refractivity contribution in [1.82, 2.24) is 10.2 Å². The quantitative estimate of drug-likeness (QED) is 0.361. The maximum Gasteiger partial charge on any atom is 2.00 e. The molecule has 3 rings (SSSR count). The van der Waals surface area contributed by atoms with Gasteiger partial charge in [0, 0.05) is 18.5 Å². The number of carbonyl (C=O) groups excluding carboxylic acids is 3. The van der Waals surface area contributed by atoms with Gasteiger partial charge in [0.15, 0.2) is 0 Å². The molecule has 0 aromatic heterocycles. The topological polar surface area (TPSA) is 130 Å². The Bertz CT molecular complexity index is 758. The standard InChI is InChI=1S/C13H12N2O3.C7H15.CH3NO2.CH3.W/c16-11-6-5-10(12(17)14-11)15-7-8-3-1-2-4-9(8)13(15)18;1-5-6-7(2,3)4;2-1(3)4;;/h1-4,10H,5-7H2,(H,14,16,17);2,5-6H2,1,3-4H3;2H2,(H,3,4);1H3;/q;-1;;-1;+2. The van der Waals surface area contributed by atoms with E-state index in [-0.39, 0.29) is 52.6 Å². The van der Waals surface area contributed by atoms with Gasteiger partial charge in [0.1, 0.15) is 6.04 Å². The first-order valence-corrected chi connectivity index (χ1v) is 9.52. The molecule has 2 aliphatic rings. The summed E-state index contributed by atoms with van der Waals surface area (Å²) in [6.07, 6.45) is 1.84. The molecule has 1 aromatic carbocycles. The molecule has 1 atom stereocenters. The van der Waals surface area contributed by atoms with Gasteiger partial charge in [0.2, 0.25) is 11.8 Å². The van der Waals surface area contributed by atoms with Crippen LogP contribution in [0.5, 0.6) is 0 Å². The predicted octanol–water partition coefficient (Wildman–Crippen LogP) is 3.17. The first-order valence-electron chi connectivity index (χ1n) is 9.52. The Morgan fingerprint density at radius 3 is 2.26 bits per heavy atom. The van der Waals surface area contributed by atoms with Crippen LogP contribution in [0.3, 0.4) is 0 Å². The minimum absolute atomic E-state index is 0. The van der Waals surface area contributed by atoms with Crippen LogP contribution in [0.1, 0.15) is 62.4 Å². The summed E-state index contributed by atoms with van der Waals surface area (Å²) in [4.78, 5) is 45.4. The number of nitrogens with zero attached hydrogens (tertiary/aromatic N) is 1. The van der Waals surface area contributed by atoms with Gasteiger partial charge in [0.25, 0.3) is 5.91 Å². The van der Waals surface area contributed by atoms with Crippen LogP contribution in [0, 0.1) is 19.8 Å². The van der Waals surface area contributed by atoms with Crippen molar-refractivity contribution in [2.24, 2.45) is 11.1 Å². The number of amides is 4. The van der Waals surface area contributed by atoms with Gasteiger partial charge in [-0.15, -0.1) is 0 Å². The van der Waals surface area contributed by atoms with E-state index in [1.165, 1.54) is 12.8 Å². The average molecular weight is 603 g/mol. The van der Waals surface area contributed by atoms with Crippen molar-refractivity contribution in [1.29, 1.82) is 0 Å². The van der Waals surface area contributed by atoms with Gasteiger partial charge in [-0.3, -0.25) is 19.7 Å². The van der Waals surface area contributed by atoms with Crippen molar-refractivity contribution in [3.05, 3.63) is 49.7 Å². The molecule has 0 saturated carbocycles. The molecule has 1 saturated heterocycles. The van der Waals surface area contributed by atoms with Gasteiger partial charge in [-0.1, -0.05) is 51.8 Å². The van der Waals surface area contributed by atoms with Gasteiger partial charge in [-0.05, 0) is 18.1 Å². The van der Waals surface area contributed by atoms with Crippen molar-refractivity contribution in [3.63, 3.8) is 0 Å². The summed E-state index contributed by atoms with van der Waals surface area (Å²) >= 11 is 0. The van der Waals surface area contributed by atoms with Crippen LogP contribution < -0.4 is 11.1 Å². The fourth-order valence-electron chi connectivity index (χ4n) is 3.18. The zero-order valence-corrected chi connectivity index (χ0v) is 21.6. The number of hydrogen-bond donors (Lipinski definition) is 3. The van der Waals surface area contributed by atoms with E-state index in [2.05, 4.69) is 38.7 Å². The van der Waals surface area contributed by atoms with E-state index in [9.17, 15) is 14.4 Å². The SMILES string of the molecule is NC(=O)O.O=C1CCC(N2Cc3ccccc3C2=O)C(=O)N1.[CH2-]C(C)(C)CCC.[CH3-].[W+2]. The Balaban J connectivity index is 0. The molecular formula is C22H33N3O5W. The van der Waals surface area contributed by atoms with Crippen LogP contribution in [0.4, 0.5) is 4.79 Å². The van der Waals surface area contributed by atoms with Crippen LogP contribution in [-0.2, 0) is 37.2 Å². The largest absolute Gasteiger partial charge is 2.00 e. The van der Waals surface area contributed by atoms with E-state index in [1.807, 2.05) is 18.2 Å². The molecule has 31 heavy (non-hydrogen) atoms. The van der Waals surface area contributed by atoms with E-state index in [4.69, 9.17) is 9.90 Å². The third-order valence-electron chi connectivity index (χ3n) is 4.36. The summed E-state index contributed by atoms with van der Waals surface area (Å²) in [6, 6.07) is 6.82. The fraction of sp³-hybridized carbons (Fsp3) is 0.455. The number of primary amides is 1. The molecule has 4 amide bonds. The van der Waals surface area contributed by atoms with E-state index < -0.39 is 12.1 Å². The van der Waals surface area contributed by atoms with Gasteiger partial charge in [-0.2, -0.15) is 5.41 Å². The van der Waals surface area contributed by atoms with E-state index in [0.717, 1.165) is 5.56 Å². The molecule has 0 bridgehead atoms. The fourth-order valence-corrected chi connectivity index (χ4v) is 3.18. The third-order valence-corrected chi connectivity index (χ3v) is 4.36. The Kier molecular flexibility index (Phi) is 14.0. The molecule has 2 heterocycles. The van der Waals surface area contributed by atoms with Crippen LogP contribution in [0.25, 0.3) is 0 Å². The van der Waals surface area contributed by atoms with Gasteiger partial charge < -0.3 is 30.1 Å². The molecule has 9 heteroatoms. The molecule has 0 radical (unpaired) electrons. The third kappa shape index (κ3) is 10.6. The Labute approximate surface area is 199 Å². The number of nitrogens with two attached hydrogens (primary N) is 1. The summed E-state index contributed by atoms with van der Waals surface area (Å²) in [7, 11) is 0. The van der Waals surface area contributed by atoms with Gasteiger partial charge in [0.05, 0.1) is 0 Å². The van der Waals surface area contributed by atoms with Crippen LogP contribution in [-0.4, -0.2) is 39.9 Å². The molecule has 1 fully saturated rings. The summed E-state index contributed by atoms with van der Waals surface area (Å²) in [5, 5.41) is 9.48. The molecule has 0 aliphatic carbocycles. The monoisotopic (exact) mass is 603 g/mol. The van der Waals surface area contributed by atoms with E-state index in [1.54, 1.807) is 11.0 Å². The Morgan fingerprint density at radius 1 is 1.29 bits per heavy atom. The summed E-state index contributed by atoms with van der Waals surface area (Å²) in [5.41, 5.74) is 5.92. The molecule has 1 aromatic rings. The number of benzene rings is 1. The molecule has 1 unspecified atom stereocenters.